The molecule has 0 aromatic heterocycles. The Hall–Kier alpha value is -1.46. The molecule has 1 N–H and O–H groups in total. The van der Waals surface area contributed by atoms with Gasteiger partial charge in [0, 0.05) is 15.6 Å². The van der Waals surface area contributed by atoms with E-state index in [1.807, 2.05) is 20.8 Å². The number of carbonyl (C=O) groups excluding carboxylic acids is 2. The van der Waals surface area contributed by atoms with Crippen LogP contribution in [0.2, 0.25) is 10.0 Å². The van der Waals surface area contributed by atoms with Crippen LogP contribution in [-0.4, -0.2) is 28.1 Å². The van der Waals surface area contributed by atoms with Crippen molar-refractivity contribution < 1.29 is 14.3 Å². The monoisotopic (exact) mass is 388 g/mol. The van der Waals surface area contributed by atoms with Crippen molar-refractivity contribution in [3.63, 3.8) is 0 Å². The summed E-state index contributed by atoms with van der Waals surface area (Å²) in [7, 11) is 0. The molecule has 1 rings (SSSR count). The highest BCUT2D eigenvalue weighted by Gasteiger charge is 2.34. The molecular weight excluding hydrogens is 363 g/mol. The Kier molecular flexibility index (Phi) is 7.15. The Morgan fingerprint density at radius 2 is 1.60 bits per heavy atom. The van der Waals surface area contributed by atoms with Crippen molar-refractivity contribution in [2.24, 2.45) is 0 Å². The van der Waals surface area contributed by atoms with E-state index in [9.17, 15) is 9.59 Å². The number of hydrogen-bond acceptors (Lipinski definition) is 3. The Morgan fingerprint density at radius 3 is 2.04 bits per heavy atom. The highest BCUT2D eigenvalue weighted by atomic mass is 35.5. The van der Waals surface area contributed by atoms with Crippen molar-refractivity contribution in [1.82, 2.24) is 10.4 Å². The molecule has 140 valence electrons. The van der Waals surface area contributed by atoms with Crippen LogP contribution in [0.15, 0.2) is 18.2 Å². The van der Waals surface area contributed by atoms with Crippen molar-refractivity contribution in [3.8, 4) is 0 Å². The highest BCUT2D eigenvalue weighted by molar-refractivity contribution is 6.35. The van der Waals surface area contributed by atoms with Crippen LogP contribution in [0.25, 0.3) is 0 Å². The number of carbonyl (C=O) groups is 2. The summed E-state index contributed by atoms with van der Waals surface area (Å²) in [5.74, 6) is -0.409. The summed E-state index contributed by atoms with van der Waals surface area (Å²) in [5, 5.41) is 1.98. The fourth-order valence-electron chi connectivity index (χ4n) is 2.40. The summed E-state index contributed by atoms with van der Waals surface area (Å²) in [4.78, 5) is 25.2. The standard InChI is InChI=1S/C18H26Cl2N2O3/c1-7-8-18(5,6)22(21-16(24)25-17(2,3)4)15(23)12-9-13(19)11-14(20)10-12/h9-11H,7-8H2,1-6H3,(H,21,24). The Balaban J connectivity index is 3.17. The lowest BCUT2D eigenvalue weighted by Crippen LogP contribution is -2.57. The molecule has 25 heavy (non-hydrogen) atoms. The average Bonchev–Trinajstić information content (AvgIpc) is 2.40. The number of ether oxygens (including phenoxy) is 1. The third kappa shape index (κ3) is 6.75. The van der Waals surface area contributed by atoms with Gasteiger partial charge in [-0.1, -0.05) is 36.5 Å². The van der Waals surface area contributed by atoms with Gasteiger partial charge in [-0.15, -0.1) is 0 Å². The molecule has 5 nitrogen and oxygen atoms in total. The van der Waals surface area contributed by atoms with E-state index in [1.165, 1.54) is 17.1 Å². The molecule has 7 heteroatoms. The van der Waals surface area contributed by atoms with Crippen LogP contribution in [-0.2, 0) is 4.74 Å². The van der Waals surface area contributed by atoms with Gasteiger partial charge in [0.2, 0.25) is 0 Å². The van der Waals surface area contributed by atoms with Gasteiger partial charge < -0.3 is 4.74 Å². The zero-order valence-corrected chi connectivity index (χ0v) is 17.1. The highest BCUT2D eigenvalue weighted by Crippen LogP contribution is 2.25. The molecule has 0 saturated carbocycles. The molecule has 0 spiro atoms. The number of hydrazine groups is 1. The summed E-state index contributed by atoms with van der Waals surface area (Å²) in [6.07, 6.45) is 0.824. The minimum atomic E-state index is -0.696. The fraction of sp³-hybridized carbons (Fsp3) is 0.556. The lowest BCUT2D eigenvalue weighted by molar-refractivity contribution is 0.00684. The molecule has 1 aromatic carbocycles. The number of amides is 2. The van der Waals surface area contributed by atoms with Crippen molar-refractivity contribution in [1.29, 1.82) is 0 Å². The van der Waals surface area contributed by atoms with Crippen LogP contribution in [0, 0.1) is 0 Å². The number of benzene rings is 1. The SMILES string of the molecule is CCCC(C)(C)N(NC(=O)OC(C)(C)C)C(=O)c1cc(Cl)cc(Cl)c1. The molecule has 2 amide bonds. The maximum atomic E-state index is 13.0. The normalized spacial score (nSPS) is 11.8. The molecular formula is C18H26Cl2N2O3. The zero-order valence-electron chi connectivity index (χ0n) is 15.6. The van der Waals surface area contributed by atoms with E-state index in [1.54, 1.807) is 26.8 Å². The first-order valence-corrected chi connectivity index (χ1v) is 8.91. The van der Waals surface area contributed by atoms with Crippen molar-refractivity contribution >= 4 is 35.2 Å². The van der Waals surface area contributed by atoms with E-state index in [0.717, 1.165) is 6.42 Å². The predicted molar refractivity (Wildman–Crippen MR) is 101 cm³/mol. The Labute approximate surface area is 159 Å². The van der Waals surface area contributed by atoms with Gasteiger partial charge in [-0.3, -0.25) is 4.79 Å². The van der Waals surface area contributed by atoms with E-state index >= 15 is 0 Å². The molecule has 0 atom stereocenters. The molecule has 1 aromatic rings. The molecule has 0 radical (unpaired) electrons. The van der Waals surface area contributed by atoms with Crippen molar-refractivity contribution in [2.45, 2.75) is 65.5 Å². The topological polar surface area (TPSA) is 58.6 Å². The first-order chi connectivity index (χ1) is 11.4. The van der Waals surface area contributed by atoms with Gasteiger partial charge >= 0.3 is 6.09 Å². The third-order valence-corrected chi connectivity index (χ3v) is 3.82. The second-order valence-corrected chi connectivity index (χ2v) is 8.35. The smallest absolute Gasteiger partial charge is 0.426 e. The van der Waals surface area contributed by atoms with Gasteiger partial charge in [0.05, 0.1) is 5.54 Å². The minimum absolute atomic E-state index is 0.290. The average molecular weight is 389 g/mol. The lowest BCUT2D eigenvalue weighted by atomic mass is 9.97. The molecule has 0 aliphatic carbocycles. The molecule has 0 fully saturated rings. The van der Waals surface area contributed by atoms with Crippen molar-refractivity contribution in [2.75, 3.05) is 0 Å². The van der Waals surface area contributed by atoms with E-state index in [0.29, 0.717) is 16.5 Å². The number of hydrogen-bond donors (Lipinski definition) is 1. The van der Waals surface area contributed by atoms with E-state index in [-0.39, 0.29) is 5.56 Å². The maximum Gasteiger partial charge on any atom is 0.426 e. The summed E-state index contributed by atoms with van der Waals surface area (Å²) in [5.41, 5.74) is 1.56. The third-order valence-electron chi connectivity index (χ3n) is 3.38. The molecule has 0 saturated heterocycles. The van der Waals surface area contributed by atoms with Crippen LogP contribution in [0.3, 0.4) is 0 Å². The summed E-state index contributed by atoms with van der Waals surface area (Å²) in [6.45, 7) is 11.0. The van der Waals surface area contributed by atoms with E-state index in [4.69, 9.17) is 27.9 Å². The number of rotatable bonds is 4. The van der Waals surface area contributed by atoms with Gasteiger partial charge in [-0.25, -0.2) is 15.2 Å². The minimum Gasteiger partial charge on any atom is -0.443 e. The first-order valence-electron chi connectivity index (χ1n) is 8.16. The second-order valence-electron chi connectivity index (χ2n) is 7.47. The molecule has 0 aliphatic heterocycles. The van der Waals surface area contributed by atoms with Gasteiger partial charge in [-0.2, -0.15) is 0 Å². The zero-order chi connectivity index (χ0) is 19.4. The number of nitrogens with zero attached hydrogens (tertiary/aromatic N) is 1. The molecule has 0 heterocycles. The van der Waals surface area contributed by atoms with E-state index < -0.39 is 23.1 Å². The van der Waals surface area contributed by atoms with Crippen LogP contribution >= 0.6 is 23.2 Å². The summed E-state index contributed by atoms with van der Waals surface area (Å²) >= 11 is 12.0. The van der Waals surface area contributed by atoms with Crippen LogP contribution < -0.4 is 5.43 Å². The lowest BCUT2D eigenvalue weighted by Gasteiger charge is -2.38. The van der Waals surface area contributed by atoms with Crippen LogP contribution in [0.5, 0.6) is 0 Å². The molecule has 0 bridgehead atoms. The number of nitrogens with one attached hydrogen (secondary N) is 1. The maximum absolute atomic E-state index is 13.0. The van der Waals surface area contributed by atoms with Gasteiger partial charge in [0.15, 0.2) is 0 Å². The summed E-state index contributed by atoms with van der Waals surface area (Å²) in [6, 6.07) is 4.58. The summed E-state index contributed by atoms with van der Waals surface area (Å²) < 4.78 is 5.28. The number of halogens is 2. The van der Waals surface area contributed by atoms with E-state index in [2.05, 4.69) is 5.43 Å². The predicted octanol–water partition coefficient (Wildman–Crippen LogP) is 5.45. The first kappa shape index (κ1) is 21.6. The largest absolute Gasteiger partial charge is 0.443 e. The molecule has 0 unspecified atom stereocenters. The molecule has 0 aliphatic rings. The van der Waals surface area contributed by atoms with Gasteiger partial charge in [0.1, 0.15) is 5.60 Å². The van der Waals surface area contributed by atoms with Crippen molar-refractivity contribution in [3.05, 3.63) is 33.8 Å². The van der Waals surface area contributed by atoms with Gasteiger partial charge in [0.25, 0.3) is 5.91 Å². The second kappa shape index (κ2) is 8.28. The quantitative estimate of drug-likeness (QED) is 0.697. The Bertz CT molecular complexity index is 619. The van der Waals surface area contributed by atoms with Crippen LogP contribution in [0.4, 0.5) is 4.79 Å². The fourth-order valence-corrected chi connectivity index (χ4v) is 2.93. The van der Waals surface area contributed by atoms with Crippen LogP contribution in [0.1, 0.15) is 64.7 Å². The van der Waals surface area contributed by atoms with Gasteiger partial charge in [-0.05, 0) is 59.2 Å². The Morgan fingerprint density at radius 1 is 1.08 bits per heavy atom.